The molecule has 15 nitrogen and oxygen atoms in total. The molecule has 0 atom stereocenters. The van der Waals surface area contributed by atoms with E-state index in [0.29, 0.717) is 0 Å². The molecule has 0 N–H and O–H groups in total. The summed E-state index contributed by atoms with van der Waals surface area (Å²) in [5.41, 5.74) is 0. The van der Waals surface area contributed by atoms with Crippen molar-refractivity contribution >= 4 is 58.8 Å². The van der Waals surface area contributed by atoms with Crippen molar-refractivity contribution in [3.05, 3.63) is 0 Å². The summed E-state index contributed by atoms with van der Waals surface area (Å²) in [4.78, 5) is 98.5. The van der Waals surface area contributed by atoms with Gasteiger partial charge in [0.15, 0.2) is 0 Å². The van der Waals surface area contributed by atoms with E-state index < -0.39 is 29.8 Å². The van der Waals surface area contributed by atoms with E-state index in [0.717, 1.165) is 0 Å². The van der Waals surface area contributed by atoms with Gasteiger partial charge in [0, 0.05) is 62.0 Å². The van der Waals surface area contributed by atoms with Crippen LogP contribution in [0.2, 0.25) is 0 Å². The number of carbonyl (C=O) groups is 10. The van der Waals surface area contributed by atoms with Crippen molar-refractivity contribution in [2.45, 2.75) is 98.8 Å². The van der Waals surface area contributed by atoms with Gasteiger partial charge in [0.25, 0.3) is 0 Å². The van der Waals surface area contributed by atoms with Crippen LogP contribution in [0.4, 0.5) is 0 Å². The van der Waals surface area contributed by atoms with Crippen molar-refractivity contribution in [3.8, 4) is 0 Å². The Hall–Kier alpha value is -3.72. The second kappa shape index (κ2) is 34.3. The first-order valence-corrected chi connectivity index (χ1v) is 11.6. The monoisotopic (exact) mass is 626 g/mol. The van der Waals surface area contributed by atoms with Gasteiger partial charge in [-0.05, 0) is 66.7 Å². The largest absolute Gasteiger partial charge is 5.00 e. The van der Waals surface area contributed by atoms with Gasteiger partial charge in [-0.2, -0.15) is 0 Å². The molecule has 41 heavy (non-hydrogen) atoms. The fourth-order valence-electron chi connectivity index (χ4n) is 1.39. The summed E-state index contributed by atoms with van der Waals surface area (Å²) < 4.78 is 0. The molecule has 0 aliphatic heterocycles. The quantitative estimate of drug-likeness (QED) is 0.166. The SMILES string of the molecule is CC(=O)CCC(=O)[O-].CC(=O)CCC(=O)[O-].CC(=O)CCC(=O)[O-].CC(=O)CCC(=O)[O-].CC(=O)CCC(=O)[O-].[V+5]. The third kappa shape index (κ3) is 94.1. The van der Waals surface area contributed by atoms with Gasteiger partial charge in [0.05, 0.1) is 0 Å². The molecule has 16 heteroatoms. The molecule has 0 aliphatic carbocycles. The van der Waals surface area contributed by atoms with Gasteiger partial charge < -0.3 is 73.5 Å². The number of carboxylic acid groups (broad SMARTS) is 5. The van der Waals surface area contributed by atoms with E-state index in [9.17, 15) is 73.5 Å². The normalized spacial score (nSPS) is 8.41. The summed E-state index contributed by atoms with van der Waals surface area (Å²) in [6, 6.07) is 0. The smallest absolute Gasteiger partial charge is 0.550 e. The molecule has 0 aromatic carbocycles. The number of carboxylic acids is 5. The van der Waals surface area contributed by atoms with E-state index in [4.69, 9.17) is 0 Å². The van der Waals surface area contributed by atoms with Crippen molar-refractivity contribution in [3.63, 3.8) is 0 Å². The van der Waals surface area contributed by atoms with Crippen LogP contribution in [-0.2, 0) is 66.5 Å². The predicted octanol–water partition coefficient (Wildman–Crippen LogP) is -4.47. The predicted molar refractivity (Wildman–Crippen MR) is 125 cm³/mol. The number of hydrogen-bond acceptors (Lipinski definition) is 15. The molecule has 0 aliphatic rings. The van der Waals surface area contributed by atoms with E-state index in [1.165, 1.54) is 34.6 Å². The summed E-state index contributed by atoms with van der Waals surface area (Å²) in [6.07, 6.45) is -0.359. The first kappa shape index (κ1) is 50.2. The molecule has 0 spiro atoms. The summed E-state index contributed by atoms with van der Waals surface area (Å²) in [6.45, 7) is 6.75. The Morgan fingerprint density at radius 1 is 0.293 bits per heavy atom. The minimum atomic E-state index is -1.17. The number of hydrogen-bond donors (Lipinski definition) is 0. The van der Waals surface area contributed by atoms with Gasteiger partial charge in [0.1, 0.15) is 28.9 Å². The summed E-state index contributed by atoms with van der Waals surface area (Å²) >= 11 is 0. The maximum atomic E-state index is 10.1. The van der Waals surface area contributed by atoms with Gasteiger partial charge in [-0.15, -0.1) is 0 Å². The first-order chi connectivity index (χ1) is 18.1. The average Bonchev–Trinajstić information content (AvgIpc) is 2.79. The number of rotatable bonds is 15. The molecule has 0 aromatic rings. The van der Waals surface area contributed by atoms with Gasteiger partial charge in [-0.1, -0.05) is 0 Å². The molecule has 0 saturated carbocycles. The molecule has 0 aromatic heterocycles. The number of aliphatic carboxylic acids is 5. The average molecular weight is 626 g/mol. The minimum absolute atomic E-state index is 0. The van der Waals surface area contributed by atoms with Crippen molar-refractivity contribution in [1.29, 1.82) is 0 Å². The van der Waals surface area contributed by atoms with Crippen LogP contribution in [0.5, 0.6) is 0 Å². The topological polar surface area (TPSA) is 286 Å². The van der Waals surface area contributed by atoms with E-state index in [1.807, 2.05) is 0 Å². The van der Waals surface area contributed by atoms with E-state index in [2.05, 4.69) is 0 Å². The van der Waals surface area contributed by atoms with Crippen molar-refractivity contribution < 1.29 is 92.0 Å². The zero-order valence-corrected chi connectivity index (χ0v) is 25.0. The standard InChI is InChI=1S/5C5H8O3.V/c5*1-4(6)2-3-5(7)8;/h5*2-3H2,1H3,(H,7,8);/q;;;;;+5/p-5. The summed E-state index contributed by atoms with van der Waals surface area (Å²) in [5, 5.41) is 48.2. The molecule has 230 valence electrons. The van der Waals surface area contributed by atoms with Crippen molar-refractivity contribution in [2.75, 3.05) is 0 Å². The van der Waals surface area contributed by atoms with Crippen LogP contribution in [-0.4, -0.2) is 58.8 Å². The van der Waals surface area contributed by atoms with Crippen LogP contribution < -0.4 is 25.5 Å². The fraction of sp³-hybridized carbons (Fsp3) is 0.600. The van der Waals surface area contributed by atoms with E-state index in [-0.39, 0.29) is 112 Å². The molecule has 0 rings (SSSR count). The van der Waals surface area contributed by atoms with Gasteiger partial charge in [0.2, 0.25) is 0 Å². The molecule has 0 bridgehead atoms. The Morgan fingerprint density at radius 3 is 0.415 bits per heavy atom. The summed E-state index contributed by atoms with van der Waals surface area (Å²) in [5.74, 6) is -6.41. The van der Waals surface area contributed by atoms with Crippen molar-refractivity contribution in [1.82, 2.24) is 0 Å². The second-order valence-corrected chi connectivity index (χ2v) is 7.87. The van der Waals surface area contributed by atoms with Crippen LogP contribution in [0.25, 0.3) is 0 Å². The Kier molecular flexibility index (Phi) is 42.0. The van der Waals surface area contributed by atoms with E-state index >= 15 is 0 Å². The number of ketones is 5. The second-order valence-electron chi connectivity index (χ2n) is 7.87. The van der Waals surface area contributed by atoms with E-state index in [1.54, 1.807) is 0 Å². The first-order valence-electron chi connectivity index (χ1n) is 11.6. The zero-order valence-electron chi connectivity index (χ0n) is 23.6. The molecule has 0 heterocycles. The maximum absolute atomic E-state index is 10.1. The zero-order chi connectivity index (χ0) is 32.8. The van der Waals surface area contributed by atoms with Gasteiger partial charge in [-0.25, -0.2) is 0 Å². The molecule has 0 fully saturated rings. The number of Topliss-reactive ketones (excluding diaryl/α,β-unsaturated/α-hetero) is 5. The molecule has 0 amide bonds. The Morgan fingerprint density at radius 2 is 0.390 bits per heavy atom. The Balaban J connectivity index is -0.0000000928. The third-order valence-electron chi connectivity index (χ3n) is 3.41. The van der Waals surface area contributed by atoms with Crippen LogP contribution in [0.3, 0.4) is 0 Å². The Bertz CT molecular complexity index is 631. The van der Waals surface area contributed by atoms with Gasteiger partial charge in [-0.3, -0.25) is 0 Å². The number of carbonyl (C=O) groups excluding carboxylic acids is 10. The summed E-state index contributed by atoms with van der Waals surface area (Å²) in [7, 11) is 0. The maximum Gasteiger partial charge on any atom is 5.00 e. The Labute approximate surface area is 249 Å². The molecular weight excluding hydrogens is 591 g/mol. The van der Waals surface area contributed by atoms with Gasteiger partial charge >= 0.3 is 18.6 Å². The van der Waals surface area contributed by atoms with Crippen LogP contribution in [0, 0.1) is 0 Å². The molecule has 0 unspecified atom stereocenters. The molecule has 0 radical (unpaired) electrons. The van der Waals surface area contributed by atoms with Crippen LogP contribution in [0.15, 0.2) is 0 Å². The van der Waals surface area contributed by atoms with Crippen molar-refractivity contribution in [2.24, 2.45) is 0 Å². The van der Waals surface area contributed by atoms with Crippen LogP contribution in [0.1, 0.15) is 98.8 Å². The molecular formula is C25H35O15V. The fourth-order valence-corrected chi connectivity index (χ4v) is 1.39. The third-order valence-corrected chi connectivity index (χ3v) is 3.41. The minimum Gasteiger partial charge on any atom is -0.550 e. The van der Waals surface area contributed by atoms with Crippen LogP contribution >= 0.6 is 0 Å². The molecule has 0 saturated heterocycles.